The second-order valence-corrected chi connectivity index (χ2v) is 5.61. The Morgan fingerprint density at radius 3 is 2.50 bits per heavy atom. The lowest BCUT2D eigenvalue weighted by Gasteiger charge is -2.37. The zero-order valence-corrected chi connectivity index (χ0v) is 10.3. The van der Waals surface area contributed by atoms with Crippen molar-refractivity contribution in [1.29, 1.82) is 0 Å². The third-order valence-corrected chi connectivity index (χ3v) is 3.93. The van der Waals surface area contributed by atoms with Crippen LogP contribution < -0.4 is 10.6 Å². The molecule has 2 aliphatic heterocycles. The van der Waals surface area contributed by atoms with Crippen LogP contribution in [0, 0.1) is 5.41 Å². The first-order chi connectivity index (χ1) is 7.54. The van der Waals surface area contributed by atoms with E-state index in [-0.39, 0.29) is 16.9 Å². The first kappa shape index (κ1) is 11.9. The van der Waals surface area contributed by atoms with Crippen molar-refractivity contribution in [2.75, 3.05) is 26.3 Å². The van der Waals surface area contributed by atoms with Crippen LogP contribution in [0.4, 0.5) is 0 Å². The quantitative estimate of drug-likeness (QED) is 0.727. The van der Waals surface area contributed by atoms with Crippen molar-refractivity contribution >= 4 is 5.91 Å². The van der Waals surface area contributed by atoms with Crippen LogP contribution in [0.25, 0.3) is 0 Å². The van der Waals surface area contributed by atoms with Crippen LogP contribution in [0.5, 0.6) is 0 Å². The van der Waals surface area contributed by atoms with E-state index in [1.54, 1.807) is 0 Å². The van der Waals surface area contributed by atoms with Crippen molar-refractivity contribution in [3.05, 3.63) is 0 Å². The third kappa shape index (κ3) is 2.38. The SMILES string of the molecule is CC1(NC(=O)C2(C)CCNC2)CCOCC1. The van der Waals surface area contributed by atoms with Gasteiger partial charge in [-0.1, -0.05) is 0 Å². The summed E-state index contributed by atoms with van der Waals surface area (Å²) in [6, 6.07) is 0. The van der Waals surface area contributed by atoms with Crippen LogP contribution in [0.2, 0.25) is 0 Å². The third-order valence-electron chi connectivity index (χ3n) is 3.93. The number of hydrogen-bond donors (Lipinski definition) is 2. The molecule has 16 heavy (non-hydrogen) atoms. The van der Waals surface area contributed by atoms with Gasteiger partial charge in [-0.15, -0.1) is 0 Å². The Bertz CT molecular complexity index is 266. The Morgan fingerprint density at radius 1 is 1.25 bits per heavy atom. The van der Waals surface area contributed by atoms with Crippen LogP contribution in [0.1, 0.15) is 33.1 Å². The molecule has 4 nitrogen and oxygen atoms in total. The van der Waals surface area contributed by atoms with E-state index in [9.17, 15) is 4.79 Å². The van der Waals surface area contributed by atoms with E-state index in [2.05, 4.69) is 17.6 Å². The van der Waals surface area contributed by atoms with Crippen molar-refractivity contribution in [1.82, 2.24) is 10.6 Å². The van der Waals surface area contributed by atoms with E-state index in [0.29, 0.717) is 0 Å². The highest BCUT2D eigenvalue weighted by molar-refractivity contribution is 5.83. The Morgan fingerprint density at radius 2 is 1.94 bits per heavy atom. The summed E-state index contributed by atoms with van der Waals surface area (Å²) < 4.78 is 5.33. The predicted octanol–water partition coefficient (Wildman–Crippen LogP) is 0.671. The highest BCUT2D eigenvalue weighted by atomic mass is 16.5. The van der Waals surface area contributed by atoms with Gasteiger partial charge in [-0.3, -0.25) is 4.79 Å². The number of ether oxygens (including phenoxy) is 1. The average Bonchev–Trinajstić information content (AvgIpc) is 2.67. The fraction of sp³-hybridized carbons (Fsp3) is 0.917. The van der Waals surface area contributed by atoms with Gasteiger partial charge in [-0.2, -0.15) is 0 Å². The van der Waals surface area contributed by atoms with E-state index >= 15 is 0 Å². The van der Waals surface area contributed by atoms with E-state index in [1.165, 1.54) is 0 Å². The van der Waals surface area contributed by atoms with Gasteiger partial charge in [0.05, 0.1) is 5.41 Å². The minimum Gasteiger partial charge on any atom is -0.381 e. The number of hydrogen-bond acceptors (Lipinski definition) is 3. The van der Waals surface area contributed by atoms with Crippen LogP contribution in [-0.2, 0) is 9.53 Å². The molecule has 2 rings (SSSR count). The van der Waals surface area contributed by atoms with Crippen molar-refractivity contribution in [3.8, 4) is 0 Å². The van der Waals surface area contributed by atoms with E-state index in [1.807, 2.05) is 6.92 Å². The largest absolute Gasteiger partial charge is 0.381 e. The van der Waals surface area contributed by atoms with Crippen molar-refractivity contribution < 1.29 is 9.53 Å². The molecule has 2 heterocycles. The lowest BCUT2D eigenvalue weighted by molar-refractivity contribution is -0.132. The zero-order chi connectivity index (χ0) is 11.6. The molecule has 0 aromatic rings. The van der Waals surface area contributed by atoms with Crippen molar-refractivity contribution in [2.45, 2.75) is 38.6 Å². The standard InChI is InChI=1S/C12H22N2O2/c1-11(3-6-13-9-11)10(15)14-12(2)4-7-16-8-5-12/h13H,3-9H2,1-2H3,(H,14,15). The lowest BCUT2D eigenvalue weighted by Crippen LogP contribution is -2.54. The smallest absolute Gasteiger partial charge is 0.227 e. The molecule has 0 saturated carbocycles. The van der Waals surface area contributed by atoms with E-state index < -0.39 is 0 Å². The van der Waals surface area contributed by atoms with Gasteiger partial charge in [0.1, 0.15) is 0 Å². The maximum Gasteiger partial charge on any atom is 0.227 e. The van der Waals surface area contributed by atoms with Gasteiger partial charge >= 0.3 is 0 Å². The summed E-state index contributed by atoms with van der Waals surface area (Å²) in [4.78, 5) is 12.2. The van der Waals surface area contributed by atoms with E-state index in [4.69, 9.17) is 4.74 Å². The zero-order valence-electron chi connectivity index (χ0n) is 10.3. The second-order valence-electron chi connectivity index (χ2n) is 5.61. The molecule has 2 N–H and O–H groups in total. The number of carbonyl (C=O) groups is 1. The van der Waals surface area contributed by atoms with Gasteiger partial charge in [0, 0.05) is 25.3 Å². The van der Waals surface area contributed by atoms with Gasteiger partial charge in [-0.05, 0) is 39.7 Å². The summed E-state index contributed by atoms with van der Waals surface area (Å²) in [6.07, 6.45) is 2.77. The number of rotatable bonds is 2. The van der Waals surface area contributed by atoms with Crippen molar-refractivity contribution in [3.63, 3.8) is 0 Å². The summed E-state index contributed by atoms with van der Waals surface area (Å²) in [5.74, 6) is 0.196. The molecule has 0 aromatic carbocycles. The molecule has 2 fully saturated rings. The fourth-order valence-corrected chi connectivity index (χ4v) is 2.38. The molecule has 92 valence electrons. The van der Waals surface area contributed by atoms with Gasteiger partial charge < -0.3 is 15.4 Å². The lowest BCUT2D eigenvalue weighted by atomic mass is 9.85. The maximum absolute atomic E-state index is 12.2. The Kier molecular flexibility index (Phi) is 3.22. The number of carbonyl (C=O) groups excluding carboxylic acids is 1. The molecule has 1 amide bonds. The molecule has 4 heteroatoms. The van der Waals surface area contributed by atoms with Gasteiger partial charge in [0.15, 0.2) is 0 Å². The predicted molar refractivity (Wildman–Crippen MR) is 62.2 cm³/mol. The topological polar surface area (TPSA) is 50.4 Å². The summed E-state index contributed by atoms with van der Waals surface area (Å²) in [5.41, 5.74) is -0.289. The number of amides is 1. The Hall–Kier alpha value is -0.610. The second kappa shape index (κ2) is 4.34. The molecular formula is C12H22N2O2. The fourth-order valence-electron chi connectivity index (χ4n) is 2.38. The monoisotopic (exact) mass is 226 g/mol. The normalized spacial score (nSPS) is 33.6. The first-order valence-corrected chi connectivity index (χ1v) is 6.15. The van der Waals surface area contributed by atoms with Crippen LogP contribution in [-0.4, -0.2) is 37.7 Å². The molecule has 1 atom stereocenters. The van der Waals surface area contributed by atoms with Crippen molar-refractivity contribution in [2.24, 2.45) is 5.41 Å². The maximum atomic E-state index is 12.2. The molecule has 0 aromatic heterocycles. The summed E-state index contributed by atoms with van der Waals surface area (Å²) >= 11 is 0. The molecule has 0 bridgehead atoms. The minimum atomic E-state index is -0.221. The van der Waals surface area contributed by atoms with Crippen LogP contribution in [0.15, 0.2) is 0 Å². The summed E-state index contributed by atoms with van der Waals surface area (Å²) in [5, 5.41) is 6.48. The van der Waals surface area contributed by atoms with Gasteiger partial charge in [0.25, 0.3) is 0 Å². The van der Waals surface area contributed by atoms with Crippen LogP contribution >= 0.6 is 0 Å². The molecular weight excluding hydrogens is 204 g/mol. The first-order valence-electron chi connectivity index (χ1n) is 6.15. The summed E-state index contributed by atoms with van der Waals surface area (Å²) in [7, 11) is 0. The molecule has 1 unspecified atom stereocenters. The van der Waals surface area contributed by atoms with Crippen LogP contribution in [0.3, 0.4) is 0 Å². The number of nitrogens with one attached hydrogen (secondary N) is 2. The highest BCUT2D eigenvalue weighted by Crippen LogP contribution is 2.27. The molecule has 0 radical (unpaired) electrons. The van der Waals surface area contributed by atoms with Gasteiger partial charge in [0.2, 0.25) is 5.91 Å². The summed E-state index contributed by atoms with van der Waals surface area (Å²) in [6.45, 7) is 7.43. The average molecular weight is 226 g/mol. The van der Waals surface area contributed by atoms with Gasteiger partial charge in [-0.25, -0.2) is 0 Å². The Labute approximate surface area is 97.1 Å². The highest BCUT2D eigenvalue weighted by Gasteiger charge is 2.40. The molecule has 0 spiro atoms. The molecule has 2 aliphatic rings. The molecule has 2 saturated heterocycles. The molecule has 0 aliphatic carbocycles. The Balaban J connectivity index is 1.95. The minimum absolute atomic E-state index is 0.0685. The van der Waals surface area contributed by atoms with E-state index in [0.717, 1.165) is 45.6 Å².